The summed E-state index contributed by atoms with van der Waals surface area (Å²) in [7, 11) is 0. The maximum Gasteiger partial charge on any atom is 0.255 e. The predicted octanol–water partition coefficient (Wildman–Crippen LogP) is 7.57. The van der Waals surface area contributed by atoms with Crippen LogP contribution in [0.1, 0.15) is 34.0 Å². The van der Waals surface area contributed by atoms with Gasteiger partial charge in [-0.3, -0.25) is 9.59 Å². The van der Waals surface area contributed by atoms with E-state index in [1.807, 2.05) is 109 Å². The second-order valence-corrected chi connectivity index (χ2v) is 11.6. The molecule has 0 saturated carbocycles. The highest BCUT2D eigenvalue weighted by Crippen LogP contribution is 2.26. The highest BCUT2D eigenvalue weighted by atomic mass is 79.9. The number of rotatable bonds is 13. The van der Waals surface area contributed by atoms with Gasteiger partial charge in [0.15, 0.2) is 5.78 Å². The summed E-state index contributed by atoms with van der Waals surface area (Å²) in [6, 6.07) is 39.6. The second kappa shape index (κ2) is 15.3. The number of amides is 1. The summed E-state index contributed by atoms with van der Waals surface area (Å²) < 4.78 is 12.6. The number of benzene rings is 5. The lowest BCUT2D eigenvalue weighted by molar-refractivity contribution is -0.128. The molecule has 7 heteroatoms. The zero-order chi connectivity index (χ0) is 31.6. The van der Waals surface area contributed by atoms with Crippen LogP contribution in [0.5, 0.6) is 11.5 Å². The molecule has 0 fully saturated rings. The first-order valence-corrected chi connectivity index (χ1v) is 15.5. The summed E-state index contributed by atoms with van der Waals surface area (Å²) in [4.78, 5) is 26.6. The highest BCUT2D eigenvalue weighted by molar-refractivity contribution is 9.10. The van der Waals surface area contributed by atoms with Gasteiger partial charge in [0.2, 0.25) is 0 Å². The molecule has 2 atom stereocenters. The molecule has 1 unspecified atom stereocenters. The summed E-state index contributed by atoms with van der Waals surface area (Å²) in [5.41, 5.74) is 5.25. The third-order valence-electron chi connectivity index (χ3n) is 7.31. The van der Waals surface area contributed by atoms with Gasteiger partial charge in [-0.15, -0.1) is 0 Å². The summed E-state index contributed by atoms with van der Waals surface area (Å²) in [5, 5.41) is 13.0. The van der Waals surface area contributed by atoms with Crippen LogP contribution in [-0.2, 0) is 24.4 Å². The van der Waals surface area contributed by atoms with Crippen molar-refractivity contribution in [1.29, 1.82) is 0 Å². The van der Waals surface area contributed by atoms with Gasteiger partial charge in [-0.05, 0) is 71.5 Å². The molecule has 5 aromatic carbocycles. The van der Waals surface area contributed by atoms with Gasteiger partial charge in [-0.25, -0.2) is 0 Å². The molecule has 45 heavy (non-hydrogen) atoms. The number of aliphatic hydroxyl groups excluding tert-OH is 1. The van der Waals surface area contributed by atoms with Crippen LogP contribution in [0, 0.1) is 0 Å². The zero-order valence-electron chi connectivity index (χ0n) is 24.9. The zero-order valence-corrected chi connectivity index (χ0v) is 26.4. The molecule has 0 saturated heterocycles. The minimum absolute atomic E-state index is 0.227. The molecule has 0 spiro atoms. The van der Waals surface area contributed by atoms with E-state index < -0.39 is 23.8 Å². The van der Waals surface area contributed by atoms with E-state index in [-0.39, 0.29) is 18.6 Å². The summed E-state index contributed by atoms with van der Waals surface area (Å²) in [6.45, 7) is 2.11. The number of ether oxygens (including phenoxy) is 2. The Morgan fingerprint density at radius 2 is 1.29 bits per heavy atom. The number of halogens is 1. The van der Waals surface area contributed by atoms with Crippen molar-refractivity contribution >= 4 is 27.6 Å². The molecule has 1 amide bonds. The number of Topliss-reactive ketones (excluding diaryl/α,β-unsaturated/α-hetero) is 1. The smallest absolute Gasteiger partial charge is 0.255 e. The number of ketones is 1. The van der Waals surface area contributed by atoms with E-state index in [0.717, 1.165) is 33.6 Å². The van der Waals surface area contributed by atoms with Crippen LogP contribution in [0.4, 0.5) is 0 Å². The normalized spacial score (nSPS) is 12.2. The molecule has 0 aromatic heterocycles. The molecule has 5 rings (SSSR count). The van der Waals surface area contributed by atoms with E-state index in [9.17, 15) is 14.7 Å². The van der Waals surface area contributed by atoms with Crippen molar-refractivity contribution < 1.29 is 24.2 Å². The summed E-state index contributed by atoms with van der Waals surface area (Å²) in [6.07, 6.45) is -1.01. The largest absolute Gasteiger partial charge is 0.489 e. The number of hydrogen-bond donors (Lipinski definition) is 2. The number of aliphatic hydroxyl groups is 1. The lowest BCUT2D eigenvalue weighted by atomic mass is 9.97. The number of carbonyl (C=O) groups is 2. The predicted molar refractivity (Wildman–Crippen MR) is 179 cm³/mol. The van der Waals surface area contributed by atoms with Crippen LogP contribution in [0.2, 0.25) is 0 Å². The van der Waals surface area contributed by atoms with Crippen molar-refractivity contribution in [3.63, 3.8) is 0 Å². The first-order valence-electron chi connectivity index (χ1n) is 14.7. The Labute approximate surface area is 271 Å². The van der Waals surface area contributed by atoms with Gasteiger partial charge in [-0.2, -0.15) is 0 Å². The van der Waals surface area contributed by atoms with Gasteiger partial charge in [-0.1, -0.05) is 113 Å². The Balaban J connectivity index is 1.25. The van der Waals surface area contributed by atoms with E-state index in [2.05, 4.69) is 21.2 Å². The van der Waals surface area contributed by atoms with Gasteiger partial charge < -0.3 is 19.9 Å². The third kappa shape index (κ3) is 8.91. The van der Waals surface area contributed by atoms with E-state index >= 15 is 0 Å². The van der Waals surface area contributed by atoms with Crippen molar-refractivity contribution in [3.05, 3.63) is 154 Å². The Morgan fingerprint density at radius 3 is 1.96 bits per heavy atom. The van der Waals surface area contributed by atoms with Crippen LogP contribution in [0.25, 0.3) is 11.1 Å². The topological polar surface area (TPSA) is 84.9 Å². The fourth-order valence-electron chi connectivity index (χ4n) is 4.84. The Hall–Kier alpha value is -4.72. The molecule has 6 nitrogen and oxygen atoms in total. The van der Waals surface area contributed by atoms with Crippen LogP contribution in [-0.4, -0.2) is 28.9 Å². The minimum atomic E-state index is -1.24. The maximum absolute atomic E-state index is 13.6. The summed E-state index contributed by atoms with van der Waals surface area (Å²) >= 11 is 3.44. The fourth-order valence-corrected chi connectivity index (χ4v) is 5.20. The van der Waals surface area contributed by atoms with Gasteiger partial charge in [0.25, 0.3) is 5.91 Å². The summed E-state index contributed by atoms with van der Waals surface area (Å²) in [5.74, 6) is 0.170. The van der Waals surface area contributed by atoms with Crippen molar-refractivity contribution in [2.75, 3.05) is 0 Å². The molecule has 0 aliphatic heterocycles. The average Bonchev–Trinajstić information content (AvgIpc) is 3.07. The van der Waals surface area contributed by atoms with Crippen molar-refractivity contribution in [2.45, 2.75) is 38.7 Å². The van der Waals surface area contributed by atoms with Crippen LogP contribution < -0.4 is 14.8 Å². The molecule has 0 aliphatic rings. The molecule has 0 heterocycles. The van der Waals surface area contributed by atoms with Crippen LogP contribution in [0.3, 0.4) is 0 Å². The first kappa shape index (κ1) is 31.7. The van der Waals surface area contributed by atoms with E-state index in [1.54, 1.807) is 18.2 Å². The van der Waals surface area contributed by atoms with Crippen LogP contribution >= 0.6 is 15.9 Å². The Bertz CT molecular complexity index is 1710. The molecule has 0 aliphatic carbocycles. The van der Waals surface area contributed by atoms with E-state index in [1.165, 1.54) is 6.92 Å². The van der Waals surface area contributed by atoms with Crippen molar-refractivity contribution in [2.24, 2.45) is 0 Å². The minimum Gasteiger partial charge on any atom is -0.489 e. The average molecular weight is 665 g/mol. The molecule has 0 bridgehead atoms. The monoisotopic (exact) mass is 663 g/mol. The Morgan fingerprint density at radius 1 is 0.711 bits per heavy atom. The van der Waals surface area contributed by atoms with Crippen LogP contribution in [0.15, 0.2) is 132 Å². The maximum atomic E-state index is 13.6. The van der Waals surface area contributed by atoms with Gasteiger partial charge in [0.1, 0.15) is 30.8 Å². The number of nitrogens with one attached hydrogen (secondary N) is 1. The lowest BCUT2D eigenvalue weighted by Crippen LogP contribution is -2.46. The SMILES string of the molecule is CC(O)C(=O)[C@H](Cc1ccc(-c2ccccc2)cc1)NC(=O)c1cc(Br)ccc1OCc1ccc(OCc2ccccc2)cc1. The van der Waals surface area contributed by atoms with Gasteiger partial charge in [0, 0.05) is 4.47 Å². The standard InChI is InChI=1S/C38H34BrNO5/c1-26(41)37(42)35(22-27-12-16-31(17-13-27)30-10-6-3-7-11-30)40-38(43)34-23-32(39)18-21-36(34)45-25-29-14-19-33(20-15-29)44-24-28-8-4-2-5-9-28/h2-21,23,26,35,41H,22,24-25H2,1H3,(H,40,43)/t26?,35-/m0/s1. The van der Waals surface area contributed by atoms with Crippen molar-refractivity contribution in [3.8, 4) is 22.6 Å². The fraction of sp³-hybridized carbons (Fsp3) is 0.158. The quantitative estimate of drug-likeness (QED) is 0.136. The molecule has 228 valence electrons. The van der Waals surface area contributed by atoms with E-state index in [4.69, 9.17) is 9.47 Å². The Kier molecular flexibility index (Phi) is 10.8. The highest BCUT2D eigenvalue weighted by Gasteiger charge is 2.26. The molecule has 0 radical (unpaired) electrons. The lowest BCUT2D eigenvalue weighted by Gasteiger charge is -2.20. The molecular weight excluding hydrogens is 630 g/mol. The van der Waals surface area contributed by atoms with Gasteiger partial charge in [0.05, 0.1) is 11.6 Å². The molecular formula is C38H34BrNO5. The number of hydrogen-bond acceptors (Lipinski definition) is 5. The van der Waals surface area contributed by atoms with Gasteiger partial charge >= 0.3 is 0 Å². The molecule has 2 N–H and O–H groups in total. The van der Waals surface area contributed by atoms with E-state index in [0.29, 0.717) is 16.8 Å². The number of carbonyl (C=O) groups excluding carboxylic acids is 2. The van der Waals surface area contributed by atoms with Crippen molar-refractivity contribution in [1.82, 2.24) is 5.32 Å². The first-order chi connectivity index (χ1) is 21.9. The molecule has 5 aromatic rings. The third-order valence-corrected chi connectivity index (χ3v) is 7.81. The second-order valence-electron chi connectivity index (χ2n) is 10.7.